The Bertz CT molecular complexity index is 915. The lowest BCUT2D eigenvalue weighted by Crippen LogP contribution is -2.12. The first-order valence-corrected chi connectivity index (χ1v) is 7.84. The van der Waals surface area contributed by atoms with Gasteiger partial charge in [-0.25, -0.2) is 4.79 Å². The smallest absolute Gasteiger partial charge is 0.339 e. The van der Waals surface area contributed by atoms with Crippen molar-refractivity contribution in [1.29, 1.82) is 0 Å². The van der Waals surface area contributed by atoms with Gasteiger partial charge in [-0.05, 0) is 43.0 Å². The molecular formula is C20H16O3. The van der Waals surface area contributed by atoms with Crippen LogP contribution in [0.5, 0.6) is 0 Å². The van der Waals surface area contributed by atoms with Gasteiger partial charge in [0.2, 0.25) is 0 Å². The van der Waals surface area contributed by atoms with Crippen molar-refractivity contribution < 1.29 is 14.3 Å². The molecule has 0 spiro atoms. The number of ether oxygens (including phenoxy) is 1. The molecule has 23 heavy (non-hydrogen) atoms. The maximum absolute atomic E-state index is 12.9. The van der Waals surface area contributed by atoms with Crippen molar-refractivity contribution >= 4 is 22.5 Å². The number of hydrogen-bond donors (Lipinski definition) is 0. The second-order valence-electron chi connectivity index (χ2n) is 6.05. The highest BCUT2D eigenvalue weighted by Crippen LogP contribution is 2.39. The Balaban J connectivity index is 1.80. The van der Waals surface area contributed by atoms with E-state index >= 15 is 0 Å². The normalized spacial score (nSPS) is 17.5. The highest BCUT2D eigenvalue weighted by molar-refractivity contribution is 6.12. The maximum atomic E-state index is 12.9. The van der Waals surface area contributed by atoms with Crippen molar-refractivity contribution in [2.24, 2.45) is 0 Å². The van der Waals surface area contributed by atoms with Gasteiger partial charge in [0.05, 0.1) is 0 Å². The Kier molecular flexibility index (Phi) is 3.15. The fourth-order valence-electron chi connectivity index (χ4n) is 3.35. The highest BCUT2D eigenvalue weighted by atomic mass is 16.5. The predicted octanol–water partition coefficient (Wildman–Crippen LogP) is 4.33. The number of rotatable bonds is 2. The van der Waals surface area contributed by atoms with Gasteiger partial charge in [0, 0.05) is 22.3 Å². The van der Waals surface area contributed by atoms with Gasteiger partial charge < -0.3 is 4.74 Å². The van der Waals surface area contributed by atoms with E-state index in [1.165, 1.54) is 0 Å². The van der Waals surface area contributed by atoms with E-state index in [4.69, 9.17) is 4.74 Å². The minimum atomic E-state index is -0.319. The fraction of sp³-hybridized carbons (Fsp3) is 0.200. The van der Waals surface area contributed by atoms with Gasteiger partial charge in [-0.15, -0.1) is 0 Å². The van der Waals surface area contributed by atoms with Crippen LogP contribution in [0, 0.1) is 0 Å². The fourth-order valence-corrected chi connectivity index (χ4v) is 3.35. The van der Waals surface area contributed by atoms with Crippen molar-refractivity contribution in [3.8, 4) is 0 Å². The summed E-state index contributed by atoms with van der Waals surface area (Å²) in [6.07, 6.45) is 2.34. The monoisotopic (exact) mass is 304 g/mol. The van der Waals surface area contributed by atoms with Crippen molar-refractivity contribution in [1.82, 2.24) is 0 Å². The Hall–Kier alpha value is -2.68. The van der Waals surface area contributed by atoms with Crippen LogP contribution in [0.1, 0.15) is 36.5 Å². The number of hydrogen-bond acceptors (Lipinski definition) is 3. The second kappa shape index (κ2) is 5.20. The quantitative estimate of drug-likeness (QED) is 0.612. The van der Waals surface area contributed by atoms with E-state index < -0.39 is 0 Å². The van der Waals surface area contributed by atoms with Crippen LogP contribution < -0.4 is 0 Å². The van der Waals surface area contributed by atoms with Crippen molar-refractivity contribution in [3.05, 3.63) is 70.5 Å². The van der Waals surface area contributed by atoms with Gasteiger partial charge in [-0.2, -0.15) is 0 Å². The molecule has 2 aromatic carbocycles. The van der Waals surface area contributed by atoms with E-state index in [2.05, 4.69) is 0 Å². The molecule has 3 nitrogen and oxygen atoms in total. The van der Waals surface area contributed by atoms with Gasteiger partial charge in [0.1, 0.15) is 5.76 Å². The van der Waals surface area contributed by atoms with Gasteiger partial charge in [-0.1, -0.05) is 36.4 Å². The molecule has 0 saturated heterocycles. The number of fused-ring (bicyclic) bond motifs is 2. The minimum absolute atomic E-state index is 0.0366. The van der Waals surface area contributed by atoms with Crippen molar-refractivity contribution in [2.45, 2.75) is 26.2 Å². The van der Waals surface area contributed by atoms with E-state index in [1.807, 2.05) is 42.5 Å². The summed E-state index contributed by atoms with van der Waals surface area (Å²) in [4.78, 5) is 24.7. The lowest BCUT2D eigenvalue weighted by molar-refractivity contribution is -0.133. The molecule has 2 aromatic rings. The molecule has 1 aliphatic heterocycles. The molecule has 1 heterocycles. The Morgan fingerprint density at radius 2 is 1.83 bits per heavy atom. The molecule has 4 rings (SSSR count). The average molecular weight is 304 g/mol. The van der Waals surface area contributed by atoms with Crippen LogP contribution in [0.4, 0.5) is 0 Å². The predicted molar refractivity (Wildman–Crippen MR) is 87.9 cm³/mol. The third-order valence-corrected chi connectivity index (χ3v) is 4.64. The Labute approximate surface area is 134 Å². The molecule has 0 unspecified atom stereocenters. The second-order valence-corrected chi connectivity index (χ2v) is 6.05. The summed E-state index contributed by atoms with van der Waals surface area (Å²) >= 11 is 0. The van der Waals surface area contributed by atoms with E-state index in [-0.39, 0.29) is 11.8 Å². The molecule has 0 radical (unpaired) electrons. The van der Waals surface area contributed by atoms with Crippen molar-refractivity contribution in [3.63, 3.8) is 0 Å². The SMILES string of the molecule is CC1=C2CCCC(C(=O)c3ccc4ccccc4c3)=C2OC1=O. The van der Waals surface area contributed by atoms with Crippen LogP contribution >= 0.6 is 0 Å². The highest BCUT2D eigenvalue weighted by Gasteiger charge is 2.34. The average Bonchev–Trinajstić information content (AvgIpc) is 2.88. The van der Waals surface area contributed by atoms with Crippen LogP contribution in [0.25, 0.3) is 10.8 Å². The number of carbonyl (C=O) groups is 2. The van der Waals surface area contributed by atoms with Gasteiger partial charge in [0.25, 0.3) is 0 Å². The van der Waals surface area contributed by atoms with Gasteiger partial charge >= 0.3 is 5.97 Å². The molecule has 0 amide bonds. The molecule has 0 saturated carbocycles. The molecule has 1 aliphatic carbocycles. The number of ketones is 1. The van der Waals surface area contributed by atoms with E-state index in [1.54, 1.807) is 6.92 Å². The molecule has 2 aliphatic rings. The molecule has 0 aromatic heterocycles. The summed E-state index contributed by atoms with van der Waals surface area (Å²) in [5, 5.41) is 2.14. The molecule has 0 N–H and O–H groups in total. The zero-order valence-electron chi connectivity index (χ0n) is 12.9. The first-order chi connectivity index (χ1) is 11.1. The summed E-state index contributed by atoms with van der Waals surface area (Å²) in [5.41, 5.74) is 2.83. The molecule has 0 bridgehead atoms. The third kappa shape index (κ3) is 2.20. The Morgan fingerprint density at radius 3 is 2.65 bits per heavy atom. The summed E-state index contributed by atoms with van der Waals surface area (Å²) in [5.74, 6) is 0.156. The number of Topliss-reactive ketones (excluding diaryl/α,β-unsaturated/α-hetero) is 1. The van der Waals surface area contributed by atoms with Crippen molar-refractivity contribution in [2.75, 3.05) is 0 Å². The topological polar surface area (TPSA) is 43.4 Å². The standard InChI is InChI=1S/C20H16O3/c1-12-16-7-4-8-17(19(16)23-20(12)22)18(21)15-10-9-13-5-2-3-6-14(13)11-15/h2-3,5-6,9-11H,4,7-8H2,1H3. The zero-order valence-corrected chi connectivity index (χ0v) is 12.9. The van der Waals surface area contributed by atoms with Gasteiger partial charge in [-0.3, -0.25) is 4.79 Å². The molecule has 0 fully saturated rings. The molecule has 3 heteroatoms. The zero-order chi connectivity index (χ0) is 16.0. The summed E-state index contributed by atoms with van der Waals surface area (Å²) in [7, 11) is 0. The van der Waals surface area contributed by atoms with E-state index in [0.29, 0.717) is 28.9 Å². The van der Waals surface area contributed by atoms with Crippen LogP contribution in [0.2, 0.25) is 0 Å². The van der Waals surface area contributed by atoms with Crippen LogP contribution in [-0.4, -0.2) is 11.8 Å². The maximum Gasteiger partial charge on any atom is 0.339 e. The first-order valence-electron chi connectivity index (χ1n) is 7.84. The summed E-state index contributed by atoms with van der Waals surface area (Å²) in [6, 6.07) is 13.7. The number of esters is 1. The summed E-state index contributed by atoms with van der Waals surface area (Å²) in [6.45, 7) is 1.77. The molecule has 114 valence electrons. The summed E-state index contributed by atoms with van der Waals surface area (Å²) < 4.78 is 5.37. The Morgan fingerprint density at radius 1 is 1.04 bits per heavy atom. The lowest BCUT2D eigenvalue weighted by atomic mass is 9.87. The molecule has 0 atom stereocenters. The van der Waals surface area contributed by atoms with Gasteiger partial charge in [0.15, 0.2) is 5.78 Å². The number of allylic oxidation sites excluding steroid dienone is 2. The molecular weight excluding hydrogens is 288 g/mol. The third-order valence-electron chi connectivity index (χ3n) is 4.64. The number of benzene rings is 2. The lowest BCUT2D eigenvalue weighted by Gasteiger charge is -2.17. The van der Waals surface area contributed by atoms with Crippen LogP contribution in [-0.2, 0) is 9.53 Å². The number of carbonyl (C=O) groups excluding carboxylic acids is 2. The van der Waals surface area contributed by atoms with E-state index in [9.17, 15) is 9.59 Å². The van der Waals surface area contributed by atoms with Crippen LogP contribution in [0.15, 0.2) is 64.9 Å². The van der Waals surface area contributed by atoms with Crippen LogP contribution in [0.3, 0.4) is 0 Å². The van der Waals surface area contributed by atoms with E-state index in [0.717, 1.165) is 29.2 Å². The first kappa shape index (κ1) is 13.9. The minimum Gasteiger partial charge on any atom is -0.422 e. The largest absolute Gasteiger partial charge is 0.422 e.